The maximum atomic E-state index is 12.2. The first kappa shape index (κ1) is 19.7. The van der Waals surface area contributed by atoms with Crippen molar-refractivity contribution in [3.8, 4) is 11.3 Å². The molecule has 0 saturated heterocycles. The van der Waals surface area contributed by atoms with Gasteiger partial charge in [0, 0.05) is 11.6 Å². The van der Waals surface area contributed by atoms with Crippen molar-refractivity contribution in [3.05, 3.63) is 51.8 Å². The van der Waals surface area contributed by atoms with Crippen LogP contribution in [0.4, 0.5) is 0 Å². The van der Waals surface area contributed by atoms with E-state index in [9.17, 15) is 19.5 Å². The molecule has 1 aromatic carbocycles. The van der Waals surface area contributed by atoms with E-state index in [1.54, 1.807) is 24.3 Å². The Morgan fingerprint density at radius 2 is 1.92 bits per heavy atom. The fourth-order valence-electron chi connectivity index (χ4n) is 2.44. The lowest BCUT2D eigenvalue weighted by Gasteiger charge is -2.16. The third-order valence-corrected chi connectivity index (χ3v) is 3.98. The number of amides is 1. The van der Waals surface area contributed by atoms with E-state index in [2.05, 4.69) is 10.4 Å². The highest BCUT2D eigenvalue weighted by atomic mass is 35.5. The van der Waals surface area contributed by atoms with Crippen molar-refractivity contribution in [3.63, 3.8) is 0 Å². The average Bonchev–Trinajstić information content (AvgIpc) is 2.56. The zero-order valence-electron chi connectivity index (χ0n) is 14.5. The molecular weight excluding hydrogens is 358 g/mol. The molecule has 7 nitrogen and oxygen atoms in total. The smallest absolute Gasteiger partial charge is 0.326 e. The van der Waals surface area contributed by atoms with E-state index >= 15 is 0 Å². The van der Waals surface area contributed by atoms with Gasteiger partial charge in [-0.25, -0.2) is 9.48 Å². The summed E-state index contributed by atoms with van der Waals surface area (Å²) in [5.41, 5.74) is 0.609. The lowest BCUT2D eigenvalue weighted by molar-refractivity contribution is -0.142. The Kier molecular flexibility index (Phi) is 6.52. The van der Waals surface area contributed by atoms with Crippen molar-refractivity contribution < 1.29 is 14.7 Å². The molecule has 8 heteroatoms. The summed E-state index contributed by atoms with van der Waals surface area (Å²) in [6, 6.07) is 8.82. The molecule has 1 amide bonds. The van der Waals surface area contributed by atoms with Gasteiger partial charge >= 0.3 is 5.97 Å². The van der Waals surface area contributed by atoms with Gasteiger partial charge in [-0.1, -0.05) is 43.6 Å². The summed E-state index contributed by atoms with van der Waals surface area (Å²) >= 11 is 6.14. The van der Waals surface area contributed by atoms with Gasteiger partial charge in [-0.3, -0.25) is 9.59 Å². The summed E-state index contributed by atoms with van der Waals surface area (Å²) in [4.78, 5) is 35.4. The highest BCUT2D eigenvalue weighted by molar-refractivity contribution is 6.33. The summed E-state index contributed by atoms with van der Waals surface area (Å²) in [5, 5.41) is 16.3. The minimum absolute atomic E-state index is 0.0980. The number of carbonyl (C=O) groups excluding carboxylic acids is 1. The van der Waals surface area contributed by atoms with Crippen LogP contribution in [0.5, 0.6) is 0 Å². The molecule has 0 spiro atoms. The molecule has 1 heterocycles. The predicted octanol–water partition coefficient (Wildman–Crippen LogP) is 2.18. The Morgan fingerprint density at radius 3 is 2.54 bits per heavy atom. The largest absolute Gasteiger partial charge is 0.480 e. The zero-order valence-corrected chi connectivity index (χ0v) is 15.2. The maximum Gasteiger partial charge on any atom is 0.326 e. The highest BCUT2D eigenvalue weighted by Gasteiger charge is 2.21. The molecule has 0 saturated carbocycles. The predicted molar refractivity (Wildman–Crippen MR) is 98.0 cm³/mol. The Balaban J connectivity index is 2.20. The number of benzene rings is 1. The number of rotatable bonds is 7. The van der Waals surface area contributed by atoms with E-state index in [0.29, 0.717) is 22.7 Å². The number of hydrogen-bond acceptors (Lipinski definition) is 4. The molecular formula is C18H20ClN3O4. The molecule has 0 fully saturated rings. The topological polar surface area (TPSA) is 101 Å². The number of halogens is 1. The Labute approximate surface area is 155 Å². The molecule has 2 N–H and O–H groups in total. The minimum atomic E-state index is -1.11. The number of carboxylic acids is 1. The number of hydrogen-bond donors (Lipinski definition) is 2. The van der Waals surface area contributed by atoms with Crippen molar-refractivity contribution in [2.45, 2.75) is 32.9 Å². The summed E-state index contributed by atoms with van der Waals surface area (Å²) in [6.45, 7) is 3.35. The average molecular weight is 378 g/mol. The first-order valence-corrected chi connectivity index (χ1v) is 8.51. The molecule has 2 rings (SSSR count). The van der Waals surface area contributed by atoms with Crippen molar-refractivity contribution in [2.24, 2.45) is 5.92 Å². The second kappa shape index (κ2) is 8.62. The first-order chi connectivity index (χ1) is 12.3. The van der Waals surface area contributed by atoms with Crippen LogP contribution in [0.15, 0.2) is 41.2 Å². The molecule has 0 unspecified atom stereocenters. The van der Waals surface area contributed by atoms with Gasteiger partial charge in [0.15, 0.2) is 0 Å². The Morgan fingerprint density at radius 1 is 1.23 bits per heavy atom. The van der Waals surface area contributed by atoms with Gasteiger partial charge in [-0.2, -0.15) is 5.10 Å². The zero-order chi connectivity index (χ0) is 19.3. The van der Waals surface area contributed by atoms with Crippen LogP contribution < -0.4 is 10.9 Å². The van der Waals surface area contributed by atoms with E-state index in [4.69, 9.17) is 11.6 Å². The normalized spacial score (nSPS) is 12.0. The lowest BCUT2D eigenvalue weighted by Crippen LogP contribution is -2.44. The Hall–Kier alpha value is -2.67. The lowest BCUT2D eigenvalue weighted by atomic mass is 10.0. The van der Waals surface area contributed by atoms with Crippen LogP contribution in [0.25, 0.3) is 11.3 Å². The minimum Gasteiger partial charge on any atom is -0.480 e. The van der Waals surface area contributed by atoms with Gasteiger partial charge in [0.25, 0.3) is 5.56 Å². The second-order valence-electron chi connectivity index (χ2n) is 6.28. The maximum absolute atomic E-state index is 12.2. The van der Waals surface area contributed by atoms with Gasteiger partial charge < -0.3 is 10.4 Å². The van der Waals surface area contributed by atoms with Crippen LogP contribution >= 0.6 is 11.6 Å². The Bertz CT molecular complexity index is 864. The summed E-state index contributed by atoms with van der Waals surface area (Å²) < 4.78 is 0.988. The molecule has 1 aromatic heterocycles. The van der Waals surface area contributed by atoms with Gasteiger partial charge in [-0.05, 0) is 24.5 Å². The molecule has 1 atom stereocenters. The quantitative estimate of drug-likeness (QED) is 0.770. The second-order valence-corrected chi connectivity index (χ2v) is 6.69. The number of aliphatic carboxylic acids is 1. The van der Waals surface area contributed by atoms with Crippen LogP contribution in [-0.2, 0) is 16.1 Å². The monoisotopic (exact) mass is 377 g/mol. The molecule has 138 valence electrons. The van der Waals surface area contributed by atoms with Crippen LogP contribution in [0.3, 0.4) is 0 Å². The third kappa shape index (κ3) is 5.16. The van der Waals surface area contributed by atoms with Gasteiger partial charge in [-0.15, -0.1) is 0 Å². The SMILES string of the molecule is CC(C)C[C@H](NC(=O)Cn1nc(-c2ccccc2Cl)ccc1=O)C(=O)O. The summed E-state index contributed by atoms with van der Waals surface area (Å²) in [7, 11) is 0. The van der Waals surface area contributed by atoms with Crippen LogP contribution in [-0.4, -0.2) is 32.8 Å². The van der Waals surface area contributed by atoms with Crippen molar-refractivity contribution >= 4 is 23.5 Å². The van der Waals surface area contributed by atoms with E-state index < -0.39 is 23.5 Å². The van der Waals surface area contributed by atoms with Crippen molar-refractivity contribution in [2.75, 3.05) is 0 Å². The number of carboxylic acid groups (broad SMARTS) is 1. The third-order valence-electron chi connectivity index (χ3n) is 3.65. The number of carbonyl (C=O) groups is 2. The van der Waals surface area contributed by atoms with Crippen molar-refractivity contribution in [1.82, 2.24) is 15.1 Å². The van der Waals surface area contributed by atoms with E-state index in [-0.39, 0.29) is 12.5 Å². The van der Waals surface area contributed by atoms with Gasteiger partial charge in [0.05, 0.1) is 10.7 Å². The van der Waals surface area contributed by atoms with Gasteiger partial charge in [0.1, 0.15) is 12.6 Å². The van der Waals surface area contributed by atoms with Crippen molar-refractivity contribution in [1.29, 1.82) is 0 Å². The molecule has 0 aliphatic heterocycles. The van der Waals surface area contributed by atoms with Crippen LogP contribution in [0.1, 0.15) is 20.3 Å². The first-order valence-electron chi connectivity index (χ1n) is 8.13. The fraction of sp³-hybridized carbons (Fsp3) is 0.333. The number of nitrogens with zero attached hydrogens (tertiary/aromatic N) is 2. The van der Waals surface area contributed by atoms with Gasteiger partial charge in [0.2, 0.25) is 5.91 Å². The number of aromatic nitrogens is 2. The molecule has 2 aromatic rings. The molecule has 0 radical (unpaired) electrons. The highest BCUT2D eigenvalue weighted by Crippen LogP contribution is 2.24. The fourth-order valence-corrected chi connectivity index (χ4v) is 2.68. The summed E-state index contributed by atoms with van der Waals surface area (Å²) in [5.74, 6) is -1.61. The molecule has 0 aliphatic rings. The summed E-state index contributed by atoms with van der Waals surface area (Å²) in [6.07, 6.45) is 0.295. The van der Waals surface area contributed by atoms with Crippen LogP contribution in [0, 0.1) is 5.92 Å². The molecule has 0 aliphatic carbocycles. The molecule has 0 bridgehead atoms. The van der Waals surface area contributed by atoms with E-state index in [1.165, 1.54) is 12.1 Å². The van der Waals surface area contributed by atoms with E-state index in [1.807, 2.05) is 13.8 Å². The standard InChI is InChI=1S/C18H20ClN3O4/c1-11(2)9-15(18(25)26)20-16(23)10-22-17(24)8-7-14(21-22)12-5-3-4-6-13(12)19/h3-8,11,15H,9-10H2,1-2H3,(H,20,23)(H,25,26)/t15-/m0/s1. The number of nitrogens with one attached hydrogen (secondary N) is 1. The van der Waals surface area contributed by atoms with Crippen LogP contribution in [0.2, 0.25) is 5.02 Å². The molecule has 26 heavy (non-hydrogen) atoms. The van der Waals surface area contributed by atoms with E-state index in [0.717, 1.165) is 4.68 Å².